The van der Waals surface area contributed by atoms with Crippen molar-refractivity contribution in [1.82, 2.24) is 9.97 Å². The van der Waals surface area contributed by atoms with Gasteiger partial charge in [-0.3, -0.25) is 0 Å². The standard InChI is InChI=1S/C12H19N3O/c1-4-9-6-10(9)15-11-7-12(16-5-2)14-8(3)13-11/h7,9-10H,4-6H2,1-3H3,(H,13,14,15). The third-order valence-electron chi connectivity index (χ3n) is 2.89. The minimum Gasteiger partial charge on any atom is -0.478 e. The van der Waals surface area contributed by atoms with Crippen LogP contribution in [0, 0.1) is 12.8 Å². The maximum atomic E-state index is 5.39. The predicted octanol–water partition coefficient (Wildman–Crippen LogP) is 2.39. The van der Waals surface area contributed by atoms with Gasteiger partial charge in [-0.2, -0.15) is 4.98 Å². The van der Waals surface area contributed by atoms with Gasteiger partial charge < -0.3 is 10.1 Å². The Morgan fingerprint density at radius 1 is 1.44 bits per heavy atom. The van der Waals surface area contributed by atoms with E-state index in [1.54, 1.807) is 0 Å². The number of ether oxygens (including phenoxy) is 1. The molecule has 4 heteroatoms. The zero-order valence-electron chi connectivity index (χ0n) is 10.2. The van der Waals surface area contributed by atoms with Crippen LogP contribution in [0.4, 0.5) is 5.82 Å². The fourth-order valence-electron chi connectivity index (χ4n) is 1.90. The minimum atomic E-state index is 0.591. The molecule has 0 aliphatic heterocycles. The summed E-state index contributed by atoms with van der Waals surface area (Å²) in [5.74, 6) is 3.11. The minimum absolute atomic E-state index is 0.591. The Balaban J connectivity index is 2.03. The Bertz CT molecular complexity index is 367. The third kappa shape index (κ3) is 2.62. The first kappa shape index (κ1) is 11.2. The molecule has 1 aliphatic rings. The molecule has 88 valence electrons. The Morgan fingerprint density at radius 3 is 2.88 bits per heavy atom. The van der Waals surface area contributed by atoms with Crippen molar-refractivity contribution in [2.75, 3.05) is 11.9 Å². The molecule has 2 atom stereocenters. The molecule has 4 nitrogen and oxygen atoms in total. The molecule has 2 unspecified atom stereocenters. The second kappa shape index (κ2) is 4.68. The highest BCUT2D eigenvalue weighted by Crippen LogP contribution is 2.35. The van der Waals surface area contributed by atoms with Crippen molar-refractivity contribution in [1.29, 1.82) is 0 Å². The van der Waals surface area contributed by atoms with E-state index < -0.39 is 0 Å². The Morgan fingerprint density at radius 2 is 2.25 bits per heavy atom. The average Bonchev–Trinajstić information content (AvgIpc) is 2.96. The van der Waals surface area contributed by atoms with E-state index in [1.165, 1.54) is 12.8 Å². The molecule has 16 heavy (non-hydrogen) atoms. The number of nitrogens with one attached hydrogen (secondary N) is 1. The van der Waals surface area contributed by atoms with Gasteiger partial charge in [0, 0.05) is 12.1 Å². The summed E-state index contributed by atoms with van der Waals surface area (Å²) in [5.41, 5.74) is 0. The molecule has 0 radical (unpaired) electrons. The van der Waals surface area contributed by atoms with Crippen LogP contribution < -0.4 is 10.1 Å². The molecule has 1 aromatic heterocycles. The lowest BCUT2D eigenvalue weighted by Crippen LogP contribution is -2.08. The smallest absolute Gasteiger partial charge is 0.218 e. The van der Waals surface area contributed by atoms with Crippen LogP contribution in [0.5, 0.6) is 5.88 Å². The van der Waals surface area contributed by atoms with Crippen LogP contribution in [0.15, 0.2) is 6.07 Å². The quantitative estimate of drug-likeness (QED) is 0.829. The van der Waals surface area contributed by atoms with Gasteiger partial charge in [-0.15, -0.1) is 0 Å². The lowest BCUT2D eigenvalue weighted by atomic mass is 10.3. The van der Waals surface area contributed by atoms with E-state index in [1.807, 2.05) is 19.9 Å². The number of nitrogens with zero attached hydrogens (tertiary/aromatic N) is 2. The molecule has 0 amide bonds. The molecule has 1 N–H and O–H groups in total. The lowest BCUT2D eigenvalue weighted by Gasteiger charge is -2.08. The summed E-state index contributed by atoms with van der Waals surface area (Å²) in [6, 6.07) is 2.47. The van der Waals surface area contributed by atoms with Gasteiger partial charge in [0.25, 0.3) is 0 Å². The van der Waals surface area contributed by atoms with E-state index in [0.717, 1.165) is 17.6 Å². The number of aryl methyl sites for hydroxylation is 1. The lowest BCUT2D eigenvalue weighted by molar-refractivity contribution is 0.325. The molecular formula is C12H19N3O. The van der Waals surface area contributed by atoms with Gasteiger partial charge in [0.1, 0.15) is 11.6 Å². The summed E-state index contributed by atoms with van der Waals surface area (Å²) in [6.07, 6.45) is 2.49. The van der Waals surface area contributed by atoms with Gasteiger partial charge in [0.05, 0.1) is 6.61 Å². The van der Waals surface area contributed by atoms with E-state index in [4.69, 9.17) is 4.74 Å². The molecule has 0 aromatic carbocycles. The van der Waals surface area contributed by atoms with Gasteiger partial charge in [-0.1, -0.05) is 13.3 Å². The maximum Gasteiger partial charge on any atom is 0.218 e. The van der Waals surface area contributed by atoms with E-state index in [9.17, 15) is 0 Å². The molecule has 2 rings (SSSR count). The molecule has 1 heterocycles. The third-order valence-corrected chi connectivity index (χ3v) is 2.89. The van der Waals surface area contributed by atoms with Crippen LogP contribution >= 0.6 is 0 Å². The summed E-state index contributed by atoms with van der Waals surface area (Å²) in [6.45, 7) is 6.70. The number of aromatic nitrogens is 2. The van der Waals surface area contributed by atoms with Crippen molar-refractivity contribution < 1.29 is 4.74 Å². The molecular weight excluding hydrogens is 202 g/mol. The molecule has 1 fully saturated rings. The van der Waals surface area contributed by atoms with Crippen LogP contribution in [0.2, 0.25) is 0 Å². The van der Waals surface area contributed by atoms with Crippen LogP contribution in [0.3, 0.4) is 0 Å². The monoisotopic (exact) mass is 221 g/mol. The Hall–Kier alpha value is -1.32. The highest BCUT2D eigenvalue weighted by molar-refractivity contribution is 5.41. The number of hydrogen-bond acceptors (Lipinski definition) is 4. The van der Waals surface area contributed by atoms with Crippen molar-refractivity contribution >= 4 is 5.82 Å². The fourth-order valence-corrected chi connectivity index (χ4v) is 1.90. The first-order valence-corrected chi connectivity index (χ1v) is 5.98. The highest BCUT2D eigenvalue weighted by Gasteiger charge is 2.35. The Kier molecular flexibility index (Phi) is 3.27. The summed E-state index contributed by atoms with van der Waals surface area (Å²) in [4.78, 5) is 8.58. The van der Waals surface area contributed by atoms with E-state index >= 15 is 0 Å². The Labute approximate surface area is 96.4 Å². The molecule has 1 aromatic rings. The molecule has 0 bridgehead atoms. The summed E-state index contributed by atoms with van der Waals surface area (Å²) < 4.78 is 5.39. The van der Waals surface area contributed by atoms with Crippen molar-refractivity contribution in [3.63, 3.8) is 0 Å². The van der Waals surface area contributed by atoms with Crippen molar-refractivity contribution in [2.45, 2.75) is 39.7 Å². The van der Waals surface area contributed by atoms with Crippen LogP contribution in [0.25, 0.3) is 0 Å². The molecule has 1 saturated carbocycles. The van der Waals surface area contributed by atoms with Gasteiger partial charge >= 0.3 is 0 Å². The number of hydrogen-bond donors (Lipinski definition) is 1. The van der Waals surface area contributed by atoms with Gasteiger partial charge in [-0.25, -0.2) is 4.98 Å². The first-order valence-electron chi connectivity index (χ1n) is 5.98. The predicted molar refractivity (Wildman–Crippen MR) is 63.7 cm³/mol. The van der Waals surface area contributed by atoms with Gasteiger partial charge in [-0.05, 0) is 26.2 Å². The fraction of sp³-hybridized carbons (Fsp3) is 0.667. The van der Waals surface area contributed by atoms with Crippen LogP contribution in [-0.4, -0.2) is 22.6 Å². The van der Waals surface area contributed by atoms with E-state index in [-0.39, 0.29) is 0 Å². The van der Waals surface area contributed by atoms with Crippen molar-refractivity contribution in [3.8, 4) is 5.88 Å². The highest BCUT2D eigenvalue weighted by atomic mass is 16.5. The first-order chi connectivity index (χ1) is 7.72. The SMILES string of the molecule is CCOc1cc(NC2CC2CC)nc(C)n1. The van der Waals surface area contributed by atoms with Gasteiger partial charge in [0.2, 0.25) is 5.88 Å². The van der Waals surface area contributed by atoms with Crippen LogP contribution in [0.1, 0.15) is 32.5 Å². The van der Waals surface area contributed by atoms with E-state index in [0.29, 0.717) is 18.5 Å². The van der Waals surface area contributed by atoms with Crippen molar-refractivity contribution in [3.05, 3.63) is 11.9 Å². The number of anilines is 1. The van der Waals surface area contributed by atoms with Gasteiger partial charge in [0.15, 0.2) is 0 Å². The molecule has 1 aliphatic carbocycles. The van der Waals surface area contributed by atoms with E-state index in [2.05, 4.69) is 22.2 Å². The summed E-state index contributed by atoms with van der Waals surface area (Å²) >= 11 is 0. The van der Waals surface area contributed by atoms with Crippen LogP contribution in [-0.2, 0) is 0 Å². The second-order valence-corrected chi connectivity index (χ2v) is 4.23. The molecule has 0 spiro atoms. The zero-order chi connectivity index (χ0) is 11.5. The zero-order valence-corrected chi connectivity index (χ0v) is 10.2. The topological polar surface area (TPSA) is 47.0 Å². The van der Waals surface area contributed by atoms with Crippen molar-refractivity contribution in [2.24, 2.45) is 5.92 Å². The summed E-state index contributed by atoms with van der Waals surface area (Å²) in [5, 5.41) is 3.43. The molecule has 0 saturated heterocycles. The normalized spacial score (nSPS) is 22.9. The average molecular weight is 221 g/mol. The second-order valence-electron chi connectivity index (χ2n) is 4.23. The largest absolute Gasteiger partial charge is 0.478 e. The maximum absolute atomic E-state index is 5.39. The number of rotatable bonds is 5. The summed E-state index contributed by atoms with van der Waals surface area (Å²) in [7, 11) is 0.